The van der Waals surface area contributed by atoms with Crippen LogP contribution in [0.15, 0.2) is 17.2 Å². The maximum atomic E-state index is 12.5. The minimum Gasteiger partial charge on any atom is -0.504 e. The van der Waals surface area contributed by atoms with Crippen molar-refractivity contribution < 1.29 is 5.11 Å². The zero-order valence-corrected chi connectivity index (χ0v) is 11.9. The van der Waals surface area contributed by atoms with Crippen LogP contribution in [0.4, 0.5) is 0 Å². The van der Waals surface area contributed by atoms with Gasteiger partial charge in [-0.05, 0) is 6.07 Å². The lowest BCUT2D eigenvalue weighted by Gasteiger charge is -2.30. The number of phenols is 1. The molecule has 0 unspecified atom stereocenters. The first-order valence-corrected chi connectivity index (χ1v) is 6.89. The van der Waals surface area contributed by atoms with Gasteiger partial charge < -0.3 is 15.4 Å². The Morgan fingerprint density at radius 3 is 2.65 bits per heavy atom. The molecule has 1 saturated heterocycles. The van der Waals surface area contributed by atoms with Crippen molar-refractivity contribution in [3.8, 4) is 5.75 Å². The normalized spacial score (nSPS) is 15.8. The second kappa shape index (κ2) is 5.12. The Morgan fingerprint density at radius 1 is 1.25 bits per heavy atom. The highest BCUT2D eigenvalue weighted by Crippen LogP contribution is 2.34. The standard InChI is InChI=1S/C12H12Cl2N4O2/c13-7-5-8(14)11(19)10-9(7)12(20)18(6-16-10)17-3-1-15-2-4-17/h5-6,15,19H,1-4H2. The van der Waals surface area contributed by atoms with Crippen molar-refractivity contribution in [3.05, 3.63) is 32.8 Å². The maximum absolute atomic E-state index is 12.5. The van der Waals surface area contributed by atoms with Gasteiger partial charge >= 0.3 is 0 Å². The molecule has 1 aliphatic heterocycles. The van der Waals surface area contributed by atoms with Crippen molar-refractivity contribution >= 4 is 34.1 Å². The molecule has 1 aromatic heterocycles. The highest BCUT2D eigenvalue weighted by Gasteiger charge is 2.18. The van der Waals surface area contributed by atoms with Crippen molar-refractivity contribution in [2.45, 2.75) is 0 Å². The fourth-order valence-corrected chi connectivity index (χ4v) is 2.81. The summed E-state index contributed by atoms with van der Waals surface area (Å²) in [6.45, 7) is 2.99. The SMILES string of the molecule is O=c1c2c(Cl)cc(Cl)c(O)c2ncn1N1CCNCC1. The van der Waals surface area contributed by atoms with E-state index in [1.165, 1.54) is 17.1 Å². The summed E-state index contributed by atoms with van der Waals surface area (Å²) in [5, 5.41) is 15.4. The first-order chi connectivity index (χ1) is 9.59. The van der Waals surface area contributed by atoms with Crippen LogP contribution in [0.3, 0.4) is 0 Å². The van der Waals surface area contributed by atoms with Gasteiger partial charge in [0.05, 0.1) is 15.4 Å². The van der Waals surface area contributed by atoms with Gasteiger partial charge in [-0.3, -0.25) is 4.79 Å². The quantitative estimate of drug-likeness (QED) is 0.820. The molecule has 3 rings (SSSR count). The Bertz CT molecular complexity index is 725. The molecule has 2 heterocycles. The number of rotatable bonds is 1. The van der Waals surface area contributed by atoms with Crippen LogP contribution in [0.5, 0.6) is 5.75 Å². The summed E-state index contributed by atoms with van der Waals surface area (Å²) in [5.74, 6) is -0.226. The minimum atomic E-state index is -0.311. The number of phenolic OH excluding ortho intramolecular Hbond substituents is 1. The third-order valence-corrected chi connectivity index (χ3v) is 3.88. The summed E-state index contributed by atoms with van der Waals surface area (Å²) in [7, 11) is 0. The zero-order chi connectivity index (χ0) is 14.3. The fraction of sp³-hybridized carbons (Fsp3) is 0.333. The molecule has 6 nitrogen and oxygen atoms in total. The average molecular weight is 315 g/mol. The molecule has 0 aliphatic carbocycles. The number of benzene rings is 1. The molecule has 106 valence electrons. The molecule has 2 N–H and O–H groups in total. The van der Waals surface area contributed by atoms with E-state index in [0.29, 0.717) is 13.1 Å². The summed E-state index contributed by atoms with van der Waals surface area (Å²) >= 11 is 11.9. The third-order valence-electron chi connectivity index (χ3n) is 3.30. The summed E-state index contributed by atoms with van der Waals surface area (Å²) in [5.41, 5.74) is -0.187. The highest BCUT2D eigenvalue weighted by atomic mass is 35.5. The lowest BCUT2D eigenvalue weighted by atomic mass is 10.2. The van der Waals surface area contributed by atoms with E-state index in [1.807, 2.05) is 5.01 Å². The predicted molar refractivity (Wildman–Crippen MR) is 78.5 cm³/mol. The fourth-order valence-electron chi connectivity index (χ4n) is 2.27. The molecule has 1 aromatic carbocycles. The van der Waals surface area contributed by atoms with Crippen LogP contribution in [0.2, 0.25) is 10.0 Å². The van der Waals surface area contributed by atoms with E-state index in [1.54, 1.807) is 0 Å². The molecule has 2 aromatic rings. The van der Waals surface area contributed by atoms with Crippen LogP contribution in [0.25, 0.3) is 10.9 Å². The summed E-state index contributed by atoms with van der Waals surface area (Å²) in [6, 6.07) is 1.35. The van der Waals surface area contributed by atoms with E-state index < -0.39 is 0 Å². The Labute approximate surface area is 124 Å². The van der Waals surface area contributed by atoms with E-state index in [-0.39, 0.29) is 32.3 Å². The number of hydrogen-bond acceptors (Lipinski definition) is 5. The number of fused-ring (bicyclic) bond motifs is 1. The van der Waals surface area contributed by atoms with Crippen LogP contribution < -0.4 is 15.9 Å². The van der Waals surface area contributed by atoms with E-state index in [4.69, 9.17) is 23.2 Å². The Hall–Kier alpha value is -1.50. The molecule has 0 atom stereocenters. The topological polar surface area (TPSA) is 70.4 Å². The zero-order valence-electron chi connectivity index (χ0n) is 10.4. The van der Waals surface area contributed by atoms with Gasteiger partial charge in [0.1, 0.15) is 11.8 Å². The van der Waals surface area contributed by atoms with Gasteiger partial charge in [-0.1, -0.05) is 23.2 Å². The van der Waals surface area contributed by atoms with Crippen molar-refractivity contribution in [1.29, 1.82) is 0 Å². The van der Waals surface area contributed by atoms with Crippen molar-refractivity contribution in [2.24, 2.45) is 0 Å². The van der Waals surface area contributed by atoms with Gasteiger partial charge in [0, 0.05) is 26.2 Å². The van der Waals surface area contributed by atoms with E-state index in [2.05, 4.69) is 10.3 Å². The molecule has 0 spiro atoms. The van der Waals surface area contributed by atoms with Crippen LogP contribution in [0.1, 0.15) is 0 Å². The molecule has 0 bridgehead atoms. The van der Waals surface area contributed by atoms with Crippen LogP contribution in [0, 0.1) is 0 Å². The van der Waals surface area contributed by atoms with E-state index in [0.717, 1.165) is 13.1 Å². The van der Waals surface area contributed by atoms with Gasteiger partial charge in [0.25, 0.3) is 5.56 Å². The minimum absolute atomic E-state index is 0.0781. The number of nitrogens with zero attached hydrogens (tertiary/aromatic N) is 3. The molecule has 0 saturated carbocycles. The van der Waals surface area contributed by atoms with Crippen molar-refractivity contribution in [3.63, 3.8) is 0 Å². The molecule has 0 amide bonds. The largest absolute Gasteiger partial charge is 0.504 e. The Balaban J connectivity index is 2.23. The highest BCUT2D eigenvalue weighted by molar-refractivity contribution is 6.39. The first-order valence-electron chi connectivity index (χ1n) is 6.14. The molecule has 1 aliphatic rings. The van der Waals surface area contributed by atoms with E-state index in [9.17, 15) is 9.90 Å². The molecular formula is C12H12Cl2N4O2. The van der Waals surface area contributed by atoms with Gasteiger partial charge in [-0.25, -0.2) is 9.66 Å². The van der Waals surface area contributed by atoms with Crippen LogP contribution >= 0.6 is 23.2 Å². The van der Waals surface area contributed by atoms with Crippen LogP contribution in [-0.2, 0) is 0 Å². The van der Waals surface area contributed by atoms with Gasteiger partial charge in [0.2, 0.25) is 0 Å². The molecular weight excluding hydrogens is 303 g/mol. The molecule has 20 heavy (non-hydrogen) atoms. The Morgan fingerprint density at radius 2 is 1.95 bits per heavy atom. The first kappa shape index (κ1) is 13.5. The van der Waals surface area contributed by atoms with Gasteiger partial charge in [-0.2, -0.15) is 0 Å². The number of aromatic nitrogens is 2. The number of aromatic hydroxyl groups is 1. The summed E-state index contributed by atoms with van der Waals surface area (Å²) in [4.78, 5) is 16.7. The van der Waals surface area contributed by atoms with Crippen LogP contribution in [-0.4, -0.2) is 40.9 Å². The van der Waals surface area contributed by atoms with Crippen molar-refractivity contribution in [2.75, 3.05) is 31.2 Å². The second-order valence-electron chi connectivity index (χ2n) is 4.51. The number of nitrogens with one attached hydrogen (secondary N) is 1. The maximum Gasteiger partial charge on any atom is 0.281 e. The smallest absolute Gasteiger partial charge is 0.281 e. The average Bonchev–Trinajstić information content (AvgIpc) is 2.45. The number of hydrogen-bond donors (Lipinski definition) is 2. The summed E-state index contributed by atoms with van der Waals surface area (Å²) < 4.78 is 1.43. The second-order valence-corrected chi connectivity index (χ2v) is 5.32. The summed E-state index contributed by atoms with van der Waals surface area (Å²) in [6.07, 6.45) is 1.39. The lowest BCUT2D eigenvalue weighted by Crippen LogP contribution is -2.52. The van der Waals surface area contributed by atoms with Gasteiger partial charge in [0.15, 0.2) is 5.75 Å². The third kappa shape index (κ3) is 2.09. The predicted octanol–water partition coefficient (Wildman–Crippen LogP) is 0.950. The molecule has 1 fully saturated rings. The van der Waals surface area contributed by atoms with E-state index >= 15 is 0 Å². The molecule has 0 radical (unpaired) electrons. The lowest BCUT2D eigenvalue weighted by molar-refractivity contribution is 0.473. The monoisotopic (exact) mass is 314 g/mol. The molecule has 8 heteroatoms. The number of piperazine rings is 1. The van der Waals surface area contributed by atoms with Gasteiger partial charge in [-0.15, -0.1) is 0 Å². The Kier molecular flexibility index (Phi) is 3.45. The van der Waals surface area contributed by atoms with Crippen molar-refractivity contribution in [1.82, 2.24) is 15.0 Å². The number of halogens is 2.